The van der Waals surface area contributed by atoms with E-state index < -0.39 is 6.17 Å². The summed E-state index contributed by atoms with van der Waals surface area (Å²) in [5.74, 6) is 0.911. The SMILES string of the molecule is N#Cc1cccc2c1cnn2-c1nc2n(n1)[C@H](C1C=CC=CC1)C[C@@H]2F. The molecule has 0 N–H and O–H groups in total. The van der Waals surface area contributed by atoms with Gasteiger partial charge in [0.25, 0.3) is 5.95 Å². The minimum Gasteiger partial charge on any atom is -0.241 e. The minimum atomic E-state index is -1.13. The molecule has 7 heteroatoms. The Kier molecular flexibility index (Phi) is 3.25. The molecule has 2 aromatic heterocycles. The van der Waals surface area contributed by atoms with Crippen LogP contribution in [-0.2, 0) is 0 Å². The fourth-order valence-electron chi connectivity index (χ4n) is 3.84. The third kappa shape index (κ3) is 2.12. The van der Waals surface area contributed by atoms with Gasteiger partial charge in [-0.2, -0.15) is 20.0 Å². The summed E-state index contributed by atoms with van der Waals surface area (Å²) in [6, 6.07) is 7.51. The molecular weight excluding hydrogens is 331 g/mol. The summed E-state index contributed by atoms with van der Waals surface area (Å²) in [4.78, 5) is 4.42. The average Bonchev–Trinajstić information content (AvgIpc) is 3.36. The Hall–Kier alpha value is -3.27. The Labute approximate surface area is 148 Å². The highest BCUT2D eigenvalue weighted by atomic mass is 19.1. The predicted molar refractivity (Wildman–Crippen MR) is 93.3 cm³/mol. The number of alkyl halides is 1. The van der Waals surface area contributed by atoms with E-state index in [0.29, 0.717) is 23.8 Å². The van der Waals surface area contributed by atoms with Gasteiger partial charge in [-0.05, 0) is 18.6 Å². The summed E-state index contributed by atoms with van der Waals surface area (Å²) in [5, 5.41) is 18.9. The molecular formula is C19H15FN6. The summed E-state index contributed by atoms with van der Waals surface area (Å²) in [7, 11) is 0. The van der Waals surface area contributed by atoms with E-state index in [0.717, 1.165) is 17.3 Å². The fourth-order valence-corrected chi connectivity index (χ4v) is 3.84. The van der Waals surface area contributed by atoms with Crippen molar-refractivity contribution in [2.24, 2.45) is 5.92 Å². The smallest absolute Gasteiger partial charge is 0.241 e. The lowest BCUT2D eigenvalue weighted by Crippen LogP contribution is -2.16. The number of nitrogens with zero attached hydrogens (tertiary/aromatic N) is 6. The van der Waals surface area contributed by atoms with Crippen molar-refractivity contribution >= 4 is 10.9 Å². The molecule has 128 valence electrons. The standard InChI is InChI=1S/C19H15FN6/c20-15-9-17(12-5-2-1-3-6-12)25-18(15)23-19(24-25)26-16-8-4-7-13(10-21)14(16)11-22-26/h1-5,7-8,11-12,15,17H,6,9H2/t12?,15-,17-/m0/s1. The fraction of sp³-hybridized carbons (Fsp3) is 0.263. The maximum atomic E-state index is 14.6. The summed E-state index contributed by atoms with van der Waals surface area (Å²) >= 11 is 0. The molecule has 6 nitrogen and oxygen atoms in total. The second kappa shape index (κ2) is 5.63. The molecule has 3 aromatic rings. The maximum absolute atomic E-state index is 14.6. The first kappa shape index (κ1) is 15.0. The molecule has 1 aliphatic carbocycles. The van der Waals surface area contributed by atoms with Crippen LogP contribution in [0, 0.1) is 17.2 Å². The highest BCUT2D eigenvalue weighted by molar-refractivity contribution is 5.85. The van der Waals surface area contributed by atoms with E-state index in [1.54, 1.807) is 27.7 Å². The molecule has 2 aliphatic rings. The number of allylic oxidation sites excluding steroid dienone is 4. The van der Waals surface area contributed by atoms with Crippen LogP contribution in [0.5, 0.6) is 0 Å². The highest BCUT2D eigenvalue weighted by Gasteiger charge is 2.38. The zero-order valence-electron chi connectivity index (χ0n) is 13.8. The lowest BCUT2D eigenvalue weighted by molar-refractivity contribution is 0.291. The first-order valence-corrected chi connectivity index (χ1v) is 8.57. The quantitative estimate of drug-likeness (QED) is 0.711. The lowest BCUT2D eigenvalue weighted by Gasteiger charge is -2.21. The van der Waals surface area contributed by atoms with Crippen molar-refractivity contribution in [1.82, 2.24) is 24.5 Å². The molecule has 3 atom stereocenters. The van der Waals surface area contributed by atoms with E-state index in [1.807, 2.05) is 18.2 Å². The zero-order chi connectivity index (χ0) is 17.7. The summed E-state index contributed by atoms with van der Waals surface area (Å²) in [6.07, 6.45) is 9.98. The van der Waals surface area contributed by atoms with Gasteiger partial charge in [-0.15, -0.1) is 5.10 Å². The van der Waals surface area contributed by atoms with Gasteiger partial charge >= 0.3 is 0 Å². The van der Waals surface area contributed by atoms with Crippen molar-refractivity contribution in [3.05, 3.63) is 60.1 Å². The normalized spacial score (nSPS) is 24.1. The molecule has 1 unspecified atom stereocenters. The molecule has 0 fully saturated rings. The van der Waals surface area contributed by atoms with Gasteiger partial charge in [-0.3, -0.25) is 0 Å². The number of hydrogen-bond acceptors (Lipinski definition) is 4. The maximum Gasteiger partial charge on any atom is 0.270 e. The van der Waals surface area contributed by atoms with Gasteiger partial charge in [0.05, 0.1) is 29.4 Å². The Morgan fingerprint density at radius 2 is 2.19 bits per heavy atom. The monoisotopic (exact) mass is 346 g/mol. The molecule has 0 saturated carbocycles. The number of hydrogen-bond donors (Lipinski definition) is 0. The Morgan fingerprint density at radius 3 is 3.00 bits per heavy atom. The van der Waals surface area contributed by atoms with Crippen LogP contribution >= 0.6 is 0 Å². The van der Waals surface area contributed by atoms with Crippen molar-refractivity contribution in [3.8, 4) is 12.0 Å². The Morgan fingerprint density at radius 1 is 1.27 bits per heavy atom. The molecule has 0 amide bonds. The molecule has 3 heterocycles. The van der Waals surface area contributed by atoms with E-state index in [2.05, 4.69) is 33.4 Å². The number of benzene rings is 1. The lowest BCUT2D eigenvalue weighted by atomic mass is 9.91. The van der Waals surface area contributed by atoms with Gasteiger partial charge < -0.3 is 0 Å². The minimum absolute atomic E-state index is 0.0426. The van der Waals surface area contributed by atoms with Crippen LogP contribution in [0.1, 0.15) is 36.4 Å². The first-order chi connectivity index (χ1) is 12.8. The third-order valence-corrected chi connectivity index (χ3v) is 5.12. The number of halogens is 1. The van der Waals surface area contributed by atoms with Crippen LogP contribution < -0.4 is 0 Å². The van der Waals surface area contributed by atoms with Crippen LogP contribution in [0.15, 0.2) is 48.7 Å². The predicted octanol–water partition coefficient (Wildman–Crippen LogP) is 3.58. The highest BCUT2D eigenvalue weighted by Crippen LogP contribution is 2.42. The van der Waals surface area contributed by atoms with Crippen LogP contribution in [0.4, 0.5) is 4.39 Å². The van der Waals surface area contributed by atoms with Crippen LogP contribution in [-0.4, -0.2) is 24.5 Å². The van der Waals surface area contributed by atoms with Crippen molar-refractivity contribution in [2.45, 2.75) is 25.1 Å². The second-order valence-corrected chi connectivity index (χ2v) is 6.60. The van der Waals surface area contributed by atoms with E-state index in [-0.39, 0.29) is 12.0 Å². The van der Waals surface area contributed by atoms with Gasteiger partial charge in [0, 0.05) is 17.7 Å². The van der Waals surface area contributed by atoms with Crippen molar-refractivity contribution in [3.63, 3.8) is 0 Å². The second-order valence-electron chi connectivity index (χ2n) is 6.60. The molecule has 1 aliphatic heterocycles. The van der Waals surface area contributed by atoms with Crippen LogP contribution in [0.25, 0.3) is 16.9 Å². The Balaban J connectivity index is 1.59. The Bertz CT molecular complexity index is 1100. The van der Waals surface area contributed by atoms with E-state index in [9.17, 15) is 9.65 Å². The largest absolute Gasteiger partial charge is 0.270 e. The summed E-state index contributed by atoms with van der Waals surface area (Å²) in [5.41, 5.74) is 1.28. The topological polar surface area (TPSA) is 72.3 Å². The van der Waals surface area contributed by atoms with Crippen LogP contribution in [0.2, 0.25) is 0 Å². The van der Waals surface area contributed by atoms with Crippen molar-refractivity contribution < 1.29 is 4.39 Å². The van der Waals surface area contributed by atoms with Crippen molar-refractivity contribution in [1.29, 1.82) is 5.26 Å². The molecule has 26 heavy (non-hydrogen) atoms. The van der Waals surface area contributed by atoms with Gasteiger partial charge in [0.15, 0.2) is 12.0 Å². The average molecular weight is 346 g/mol. The van der Waals surface area contributed by atoms with Gasteiger partial charge in [-0.25, -0.2) is 9.07 Å². The van der Waals surface area contributed by atoms with Crippen LogP contribution in [0.3, 0.4) is 0 Å². The molecule has 1 aromatic carbocycles. The molecule has 0 spiro atoms. The third-order valence-electron chi connectivity index (χ3n) is 5.12. The molecule has 0 radical (unpaired) electrons. The molecule has 0 saturated heterocycles. The van der Waals surface area contributed by atoms with E-state index >= 15 is 0 Å². The van der Waals surface area contributed by atoms with E-state index in [4.69, 9.17) is 0 Å². The summed E-state index contributed by atoms with van der Waals surface area (Å²) < 4.78 is 17.9. The first-order valence-electron chi connectivity index (χ1n) is 8.57. The number of fused-ring (bicyclic) bond motifs is 2. The number of nitriles is 1. The zero-order valence-corrected chi connectivity index (χ0v) is 13.8. The molecule has 0 bridgehead atoms. The van der Waals surface area contributed by atoms with Gasteiger partial charge in [-0.1, -0.05) is 30.4 Å². The summed E-state index contributed by atoms with van der Waals surface area (Å²) in [6.45, 7) is 0. The molecule has 5 rings (SSSR count). The number of rotatable bonds is 2. The van der Waals surface area contributed by atoms with Gasteiger partial charge in [0.2, 0.25) is 0 Å². The number of aromatic nitrogens is 5. The van der Waals surface area contributed by atoms with Gasteiger partial charge in [0.1, 0.15) is 0 Å². The van der Waals surface area contributed by atoms with E-state index in [1.165, 1.54) is 0 Å². The van der Waals surface area contributed by atoms with Crippen molar-refractivity contribution in [2.75, 3.05) is 0 Å².